The average Bonchev–Trinajstić information content (AvgIpc) is 2.84. The third-order valence-electron chi connectivity index (χ3n) is 3.43. The lowest BCUT2D eigenvalue weighted by Gasteiger charge is -2.16. The van der Waals surface area contributed by atoms with Crippen LogP contribution < -0.4 is 0 Å². The molecule has 0 spiro atoms. The zero-order chi connectivity index (χ0) is 10.7. The van der Waals surface area contributed by atoms with Crippen molar-refractivity contribution in [2.75, 3.05) is 0 Å². The summed E-state index contributed by atoms with van der Waals surface area (Å²) in [5, 5.41) is 14.1. The van der Waals surface area contributed by atoms with Crippen LogP contribution in [0.15, 0.2) is 12.4 Å². The number of hydrogen-bond donors (Lipinski definition) is 1. The minimum atomic E-state index is -0.104. The molecule has 0 bridgehead atoms. The molecule has 0 amide bonds. The van der Waals surface area contributed by atoms with Gasteiger partial charge in [-0.05, 0) is 37.2 Å². The van der Waals surface area contributed by atoms with Gasteiger partial charge in [0.05, 0.1) is 12.3 Å². The predicted octanol–water partition coefficient (Wildman–Crippen LogP) is 1.90. The SMILES string of the molecule is Cn1cc(CCC(O)C2CCCC2)cn1. The van der Waals surface area contributed by atoms with Crippen LogP contribution in [-0.4, -0.2) is 21.0 Å². The molecular formula is C12H20N2O. The molecule has 1 fully saturated rings. The molecule has 15 heavy (non-hydrogen) atoms. The van der Waals surface area contributed by atoms with Gasteiger partial charge in [0, 0.05) is 13.2 Å². The number of nitrogens with zero attached hydrogens (tertiary/aromatic N) is 2. The van der Waals surface area contributed by atoms with Gasteiger partial charge >= 0.3 is 0 Å². The largest absolute Gasteiger partial charge is 0.393 e. The monoisotopic (exact) mass is 208 g/mol. The molecule has 1 atom stereocenters. The number of hydrogen-bond acceptors (Lipinski definition) is 2. The molecule has 1 aliphatic carbocycles. The molecule has 0 aromatic carbocycles. The molecule has 1 aromatic rings. The van der Waals surface area contributed by atoms with Crippen molar-refractivity contribution in [2.24, 2.45) is 13.0 Å². The number of aromatic nitrogens is 2. The molecule has 1 unspecified atom stereocenters. The fourth-order valence-electron chi connectivity index (χ4n) is 2.49. The zero-order valence-electron chi connectivity index (χ0n) is 9.39. The predicted molar refractivity (Wildman–Crippen MR) is 59.5 cm³/mol. The summed E-state index contributed by atoms with van der Waals surface area (Å²) < 4.78 is 1.82. The molecule has 3 heteroatoms. The highest BCUT2D eigenvalue weighted by atomic mass is 16.3. The number of aliphatic hydroxyl groups excluding tert-OH is 1. The van der Waals surface area contributed by atoms with E-state index in [9.17, 15) is 5.11 Å². The molecule has 0 saturated heterocycles. The maximum absolute atomic E-state index is 9.99. The van der Waals surface area contributed by atoms with Gasteiger partial charge in [-0.25, -0.2) is 0 Å². The lowest BCUT2D eigenvalue weighted by atomic mass is 9.96. The van der Waals surface area contributed by atoms with Crippen molar-refractivity contribution in [3.8, 4) is 0 Å². The number of rotatable bonds is 4. The standard InChI is InChI=1S/C12H20N2O/c1-14-9-10(8-13-14)6-7-12(15)11-4-2-3-5-11/h8-9,11-12,15H,2-7H2,1H3. The van der Waals surface area contributed by atoms with Crippen LogP contribution >= 0.6 is 0 Å². The summed E-state index contributed by atoms with van der Waals surface area (Å²) >= 11 is 0. The first-order valence-corrected chi connectivity index (χ1v) is 5.91. The van der Waals surface area contributed by atoms with E-state index in [1.165, 1.54) is 31.2 Å². The van der Waals surface area contributed by atoms with E-state index in [1.54, 1.807) is 0 Å². The normalized spacial score (nSPS) is 19.6. The van der Waals surface area contributed by atoms with Crippen LogP contribution in [-0.2, 0) is 13.5 Å². The van der Waals surface area contributed by atoms with Crippen LogP contribution in [0.5, 0.6) is 0 Å². The summed E-state index contributed by atoms with van der Waals surface area (Å²) in [5.41, 5.74) is 1.23. The molecule has 84 valence electrons. The van der Waals surface area contributed by atoms with Crippen LogP contribution in [0.4, 0.5) is 0 Å². The van der Waals surface area contributed by atoms with Gasteiger partial charge in [0.1, 0.15) is 0 Å². The Hall–Kier alpha value is -0.830. The van der Waals surface area contributed by atoms with Crippen molar-refractivity contribution in [3.05, 3.63) is 18.0 Å². The summed E-state index contributed by atoms with van der Waals surface area (Å²) in [6.45, 7) is 0. The van der Waals surface area contributed by atoms with Crippen molar-refractivity contribution in [2.45, 2.75) is 44.6 Å². The Morgan fingerprint density at radius 1 is 1.53 bits per heavy atom. The minimum Gasteiger partial charge on any atom is -0.393 e. The van der Waals surface area contributed by atoms with Gasteiger partial charge in [0.2, 0.25) is 0 Å². The highest BCUT2D eigenvalue weighted by Gasteiger charge is 2.22. The van der Waals surface area contributed by atoms with E-state index < -0.39 is 0 Å². The second-order valence-electron chi connectivity index (χ2n) is 4.67. The quantitative estimate of drug-likeness (QED) is 0.820. The van der Waals surface area contributed by atoms with Gasteiger partial charge < -0.3 is 5.11 Å². The molecule has 1 saturated carbocycles. The Balaban J connectivity index is 1.77. The van der Waals surface area contributed by atoms with Gasteiger partial charge in [0.25, 0.3) is 0 Å². The van der Waals surface area contributed by atoms with Gasteiger partial charge in [0.15, 0.2) is 0 Å². The van der Waals surface area contributed by atoms with E-state index in [2.05, 4.69) is 5.10 Å². The van der Waals surface area contributed by atoms with Crippen molar-refractivity contribution < 1.29 is 5.11 Å². The third-order valence-corrected chi connectivity index (χ3v) is 3.43. The van der Waals surface area contributed by atoms with E-state index in [-0.39, 0.29) is 6.10 Å². The first-order valence-electron chi connectivity index (χ1n) is 5.91. The second-order valence-corrected chi connectivity index (χ2v) is 4.67. The molecular weight excluding hydrogens is 188 g/mol. The Bertz CT molecular complexity index is 302. The van der Waals surface area contributed by atoms with E-state index >= 15 is 0 Å². The van der Waals surface area contributed by atoms with Crippen LogP contribution in [0.3, 0.4) is 0 Å². The van der Waals surface area contributed by atoms with Crippen molar-refractivity contribution >= 4 is 0 Å². The third kappa shape index (κ3) is 2.81. The molecule has 3 nitrogen and oxygen atoms in total. The highest BCUT2D eigenvalue weighted by Crippen LogP contribution is 2.29. The fraction of sp³-hybridized carbons (Fsp3) is 0.750. The van der Waals surface area contributed by atoms with Gasteiger partial charge in [-0.2, -0.15) is 5.10 Å². The summed E-state index contributed by atoms with van der Waals surface area (Å²) in [7, 11) is 1.93. The molecule has 1 aliphatic rings. The summed E-state index contributed by atoms with van der Waals surface area (Å²) in [6.07, 6.45) is 10.7. The van der Waals surface area contributed by atoms with Crippen molar-refractivity contribution in [1.29, 1.82) is 0 Å². The van der Waals surface area contributed by atoms with Gasteiger partial charge in [-0.15, -0.1) is 0 Å². The number of aliphatic hydroxyl groups is 1. The van der Waals surface area contributed by atoms with Crippen molar-refractivity contribution in [3.63, 3.8) is 0 Å². The van der Waals surface area contributed by atoms with Gasteiger partial charge in [-0.3, -0.25) is 4.68 Å². The Labute approximate surface area is 91.1 Å². The van der Waals surface area contributed by atoms with Crippen molar-refractivity contribution in [1.82, 2.24) is 9.78 Å². The van der Waals surface area contributed by atoms with Crippen LogP contribution in [0.25, 0.3) is 0 Å². The zero-order valence-corrected chi connectivity index (χ0v) is 9.39. The first kappa shape index (κ1) is 10.7. The lowest BCUT2D eigenvalue weighted by Crippen LogP contribution is -2.18. The van der Waals surface area contributed by atoms with Crippen LogP contribution in [0, 0.1) is 5.92 Å². The Kier molecular flexibility index (Phi) is 3.41. The maximum Gasteiger partial charge on any atom is 0.0571 e. The average molecular weight is 208 g/mol. The topological polar surface area (TPSA) is 38.0 Å². The summed E-state index contributed by atoms with van der Waals surface area (Å²) in [5.74, 6) is 0.557. The molecule has 2 rings (SSSR count). The smallest absolute Gasteiger partial charge is 0.0571 e. The molecule has 1 heterocycles. The summed E-state index contributed by atoms with van der Waals surface area (Å²) in [4.78, 5) is 0. The van der Waals surface area contributed by atoms with E-state index in [1.807, 2.05) is 24.1 Å². The van der Waals surface area contributed by atoms with E-state index in [0.717, 1.165) is 12.8 Å². The fourth-order valence-corrected chi connectivity index (χ4v) is 2.49. The Morgan fingerprint density at radius 2 is 2.27 bits per heavy atom. The minimum absolute atomic E-state index is 0.104. The van der Waals surface area contributed by atoms with Gasteiger partial charge in [-0.1, -0.05) is 12.8 Å². The number of aryl methyl sites for hydroxylation is 2. The molecule has 0 aliphatic heterocycles. The highest BCUT2D eigenvalue weighted by molar-refractivity contribution is 5.03. The Morgan fingerprint density at radius 3 is 2.87 bits per heavy atom. The van der Waals surface area contributed by atoms with Crippen LogP contribution in [0.2, 0.25) is 0 Å². The van der Waals surface area contributed by atoms with Crippen LogP contribution in [0.1, 0.15) is 37.7 Å². The first-order chi connectivity index (χ1) is 7.25. The second kappa shape index (κ2) is 4.79. The molecule has 0 radical (unpaired) electrons. The lowest BCUT2D eigenvalue weighted by molar-refractivity contribution is 0.102. The molecule has 1 aromatic heterocycles. The van der Waals surface area contributed by atoms with E-state index in [0.29, 0.717) is 5.92 Å². The molecule has 1 N–H and O–H groups in total. The maximum atomic E-state index is 9.99. The van der Waals surface area contributed by atoms with E-state index in [4.69, 9.17) is 0 Å². The summed E-state index contributed by atoms with van der Waals surface area (Å²) in [6, 6.07) is 0.